The van der Waals surface area contributed by atoms with E-state index in [1.54, 1.807) is 24.0 Å². The van der Waals surface area contributed by atoms with Gasteiger partial charge in [0.1, 0.15) is 6.20 Å². The Bertz CT molecular complexity index is 1040. The Morgan fingerprint density at radius 2 is 2.04 bits per heavy atom. The highest BCUT2D eigenvalue weighted by Gasteiger charge is 2.16. The topological polar surface area (TPSA) is 124 Å². The molecule has 0 aliphatic rings. The summed E-state index contributed by atoms with van der Waals surface area (Å²) >= 11 is 0. The van der Waals surface area contributed by atoms with Crippen molar-refractivity contribution in [2.45, 2.75) is 6.92 Å². The Hall–Kier alpha value is -3.62. The Morgan fingerprint density at radius 1 is 1.28 bits per heavy atom. The number of aromatic nitrogens is 4. The van der Waals surface area contributed by atoms with Gasteiger partial charge in [-0.2, -0.15) is 5.10 Å². The Morgan fingerprint density at radius 3 is 2.72 bits per heavy atom. The molecule has 0 fully saturated rings. The molecule has 9 heteroatoms. The van der Waals surface area contributed by atoms with Crippen LogP contribution in [0, 0.1) is 17.0 Å². The van der Waals surface area contributed by atoms with Crippen LogP contribution in [0.25, 0.3) is 23.2 Å². The van der Waals surface area contributed by atoms with Gasteiger partial charge in [-0.05, 0) is 24.6 Å². The Kier molecular flexibility index (Phi) is 3.97. The first-order chi connectivity index (χ1) is 11.9. The van der Waals surface area contributed by atoms with Crippen molar-refractivity contribution < 1.29 is 14.8 Å². The van der Waals surface area contributed by atoms with E-state index in [4.69, 9.17) is 0 Å². The third kappa shape index (κ3) is 3.07. The molecule has 25 heavy (non-hydrogen) atoms. The van der Waals surface area contributed by atoms with Crippen molar-refractivity contribution in [3.8, 4) is 0 Å². The van der Waals surface area contributed by atoms with Gasteiger partial charge in [0.2, 0.25) is 0 Å². The number of carboxylic acids is 1. The van der Waals surface area contributed by atoms with Crippen molar-refractivity contribution in [3.63, 3.8) is 0 Å². The van der Waals surface area contributed by atoms with Crippen LogP contribution in [0.5, 0.6) is 0 Å². The number of nitrogens with zero attached hydrogens (tertiary/aromatic N) is 5. The van der Waals surface area contributed by atoms with Gasteiger partial charge in [-0.1, -0.05) is 6.08 Å². The maximum absolute atomic E-state index is 11.3. The molecule has 0 amide bonds. The lowest BCUT2D eigenvalue weighted by Gasteiger charge is -2.01. The van der Waals surface area contributed by atoms with Crippen LogP contribution >= 0.6 is 0 Å². The van der Waals surface area contributed by atoms with E-state index in [0.717, 1.165) is 34.6 Å². The molecule has 3 aromatic rings. The molecule has 0 bridgehead atoms. The van der Waals surface area contributed by atoms with E-state index >= 15 is 0 Å². The van der Waals surface area contributed by atoms with Gasteiger partial charge in [0.05, 0.1) is 21.9 Å². The van der Waals surface area contributed by atoms with Crippen LogP contribution in [0.15, 0.2) is 24.5 Å². The van der Waals surface area contributed by atoms with Crippen LogP contribution in [0.3, 0.4) is 0 Å². The number of carbonyl (C=O) groups is 1. The summed E-state index contributed by atoms with van der Waals surface area (Å²) in [5.74, 6) is -1.28. The minimum Gasteiger partial charge on any atom is -0.478 e. The van der Waals surface area contributed by atoms with Gasteiger partial charge in [-0.15, -0.1) is 0 Å². The fourth-order valence-corrected chi connectivity index (χ4v) is 2.46. The minimum absolute atomic E-state index is 0.126. The predicted octanol–water partition coefficient (Wildman–Crippen LogP) is 2.45. The number of pyridine rings is 2. The van der Waals surface area contributed by atoms with E-state index in [-0.39, 0.29) is 16.9 Å². The normalized spacial score (nSPS) is 11.3. The molecular weight excluding hydrogens is 326 g/mol. The number of aryl methyl sites for hydroxylation is 2. The second-order valence-corrected chi connectivity index (χ2v) is 5.37. The molecule has 0 aromatic carbocycles. The highest BCUT2D eigenvalue weighted by atomic mass is 16.6. The molecule has 3 aromatic heterocycles. The molecule has 0 unspecified atom stereocenters. The summed E-state index contributed by atoms with van der Waals surface area (Å²) in [5.41, 5.74) is 1.83. The molecule has 0 atom stereocenters. The number of hydrogen-bond donors (Lipinski definition) is 1. The number of fused-ring (bicyclic) bond motifs is 1. The molecule has 1 N–H and O–H groups in total. The first-order valence-electron chi connectivity index (χ1n) is 7.22. The summed E-state index contributed by atoms with van der Waals surface area (Å²) in [6.07, 6.45) is 5.80. The Labute approximate surface area is 141 Å². The average molecular weight is 339 g/mol. The second kappa shape index (κ2) is 6.11. The molecule has 9 nitrogen and oxygen atoms in total. The number of nitro groups is 1. The SMILES string of the molecule is Cc1nn(C)c2ncc(/C=C/c3ncc([N+](=O)[O-])cc3C(=O)O)cc12. The van der Waals surface area contributed by atoms with Crippen molar-refractivity contribution >= 4 is 34.8 Å². The third-order valence-corrected chi connectivity index (χ3v) is 3.66. The van der Waals surface area contributed by atoms with E-state index in [2.05, 4.69) is 15.1 Å². The van der Waals surface area contributed by atoms with Crippen LogP contribution < -0.4 is 0 Å². The molecule has 0 saturated carbocycles. The van der Waals surface area contributed by atoms with Crippen LogP contribution in [0.1, 0.15) is 27.3 Å². The highest BCUT2D eigenvalue weighted by molar-refractivity contribution is 5.93. The molecule has 0 saturated heterocycles. The summed E-state index contributed by atoms with van der Waals surface area (Å²) in [4.78, 5) is 29.6. The molecular formula is C16H13N5O4. The second-order valence-electron chi connectivity index (χ2n) is 5.37. The maximum Gasteiger partial charge on any atom is 0.338 e. The van der Waals surface area contributed by atoms with Gasteiger partial charge >= 0.3 is 5.97 Å². The van der Waals surface area contributed by atoms with E-state index in [1.165, 1.54) is 6.08 Å². The van der Waals surface area contributed by atoms with Crippen molar-refractivity contribution in [3.05, 3.63) is 57.2 Å². The Balaban J connectivity index is 2.00. The summed E-state index contributed by atoms with van der Waals surface area (Å²) in [6, 6.07) is 2.87. The van der Waals surface area contributed by atoms with Crippen molar-refractivity contribution in [1.29, 1.82) is 0 Å². The largest absolute Gasteiger partial charge is 0.478 e. The molecule has 126 valence electrons. The smallest absolute Gasteiger partial charge is 0.338 e. The maximum atomic E-state index is 11.3. The first-order valence-corrected chi connectivity index (χ1v) is 7.22. The molecule has 0 spiro atoms. The highest BCUT2D eigenvalue weighted by Crippen LogP contribution is 2.20. The van der Waals surface area contributed by atoms with Gasteiger partial charge in [-0.25, -0.2) is 14.8 Å². The standard InChI is InChI=1S/C16H13N5O4/c1-9-12-5-10(7-18-15(12)20(2)19-9)3-4-14-13(16(22)23)6-11(8-17-14)21(24)25/h3-8H,1-2H3,(H,22,23)/b4-3+. The molecule has 0 aliphatic heterocycles. The van der Waals surface area contributed by atoms with Crippen molar-refractivity contribution in [1.82, 2.24) is 19.7 Å². The monoisotopic (exact) mass is 339 g/mol. The van der Waals surface area contributed by atoms with E-state index in [9.17, 15) is 20.0 Å². The van der Waals surface area contributed by atoms with Gasteiger partial charge in [0, 0.05) is 24.7 Å². The fraction of sp³-hybridized carbons (Fsp3) is 0.125. The van der Waals surface area contributed by atoms with Crippen LogP contribution in [-0.4, -0.2) is 35.7 Å². The quantitative estimate of drug-likeness (QED) is 0.571. The summed E-state index contributed by atoms with van der Waals surface area (Å²) < 4.78 is 1.68. The third-order valence-electron chi connectivity index (χ3n) is 3.66. The number of rotatable bonds is 4. The zero-order valence-electron chi connectivity index (χ0n) is 13.4. The van der Waals surface area contributed by atoms with E-state index in [1.807, 2.05) is 13.0 Å². The van der Waals surface area contributed by atoms with E-state index in [0.29, 0.717) is 0 Å². The summed E-state index contributed by atoms with van der Waals surface area (Å²) in [6.45, 7) is 1.87. The first kappa shape index (κ1) is 16.2. The zero-order chi connectivity index (χ0) is 18.1. The minimum atomic E-state index is -1.28. The van der Waals surface area contributed by atoms with Crippen LogP contribution in [0.2, 0.25) is 0 Å². The molecule has 3 heterocycles. The number of aromatic carboxylic acids is 1. The zero-order valence-corrected chi connectivity index (χ0v) is 13.4. The van der Waals surface area contributed by atoms with E-state index < -0.39 is 10.9 Å². The summed E-state index contributed by atoms with van der Waals surface area (Å²) in [5, 5.41) is 25.2. The number of carboxylic acid groups (broad SMARTS) is 1. The predicted molar refractivity (Wildman–Crippen MR) is 90.0 cm³/mol. The van der Waals surface area contributed by atoms with Gasteiger partial charge < -0.3 is 5.11 Å². The number of hydrogen-bond acceptors (Lipinski definition) is 6. The fourth-order valence-electron chi connectivity index (χ4n) is 2.46. The molecule has 0 aliphatic carbocycles. The van der Waals surface area contributed by atoms with Crippen LogP contribution in [0.4, 0.5) is 5.69 Å². The molecule has 0 radical (unpaired) electrons. The lowest BCUT2D eigenvalue weighted by atomic mass is 10.1. The lowest BCUT2D eigenvalue weighted by molar-refractivity contribution is -0.385. The van der Waals surface area contributed by atoms with Crippen molar-refractivity contribution in [2.24, 2.45) is 7.05 Å². The van der Waals surface area contributed by atoms with Gasteiger partial charge in [0.15, 0.2) is 5.65 Å². The molecule has 3 rings (SSSR count). The van der Waals surface area contributed by atoms with Crippen molar-refractivity contribution in [2.75, 3.05) is 0 Å². The lowest BCUT2D eigenvalue weighted by Crippen LogP contribution is -2.03. The van der Waals surface area contributed by atoms with Gasteiger partial charge in [0.25, 0.3) is 5.69 Å². The van der Waals surface area contributed by atoms with Gasteiger partial charge in [-0.3, -0.25) is 14.8 Å². The average Bonchev–Trinajstić information content (AvgIpc) is 2.86. The van der Waals surface area contributed by atoms with Crippen LogP contribution in [-0.2, 0) is 7.05 Å². The summed E-state index contributed by atoms with van der Waals surface area (Å²) in [7, 11) is 1.80.